The smallest absolute Gasteiger partial charge is 0.178 e. The Morgan fingerprint density at radius 2 is 1.89 bits per heavy atom. The van der Waals surface area contributed by atoms with Crippen LogP contribution in [0, 0.1) is 0 Å². The van der Waals surface area contributed by atoms with Crippen molar-refractivity contribution in [3.05, 3.63) is 54.6 Å². The summed E-state index contributed by atoms with van der Waals surface area (Å²) in [6.07, 6.45) is 4.34. The maximum atomic E-state index is 9.73. The van der Waals surface area contributed by atoms with Crippen LogP contribution in [0.4, 0.5) is 5.82 Å². The third-order valence-electron chi connectivity index (χ3n) is 4.95. The van der Waals surface area contributed by atoms with Crippen LogP contribution >= 0.6 is 0 Å². The van der Waals surface area contributed by atoms with Gasteiger partial charge in [-0.3, -0.25) is 4.57 Å². The van der Waals surface area contributed by atoms with Crippen LogP contribution < -0.4 is 5.73 Å². The van der Waals surface area contributed by atoms with E-state index in [0.717, 1.165) is 5.56 Å². The van der Waals surface area contributed by atoms with Crippen molar-refractivity contribution in [2.24, 2.45) is 0 Å². The molecule has 5 rings (SSSR count). The van der Waals surface area contributed by atoms with Crippen molar-refractivity contribution in [3.8, 4) is 0 Å². The quantitative estimate of drug-likeness (QED) is 0.690. The number of anilines is 1. The third kappa shape index (κ3) is 2.85. The Labute approximate surface area is 160 Å². The van der Waals surface area contributed by atoms with Crippen LogP contribution in [0.3, 0.4) is 0 Å². The molecule has 2 aliphatic rings. The van der Waals surface area contributed by atoms with Gasteiger partial charge in [0.05, 0.1) is 12.9 Å². The molecule has 1 aromatic carbocycles. The van der Waals surface area contributed by atoms with Crippen LogP contribution in [0.25, 0.3) is 17.2 Å². The first-order chi connectivity index (χ1) is 13.7. The number of benzene rings is 1. The van der Waals surface area contributed by atoms with Crippen LogP contribution in [0.15, 0.2) is 49.1 Å². The molecule has 0 spiro atoms. The summed E-state index contributed by atoms with van der Waals surface area (Å²) >= 11 is 0. The number of imidazole rings is 1. The predicted molar refractivity (Wildman–Crippen MR) is 99.7 cm³/mol. The van der Waals surface area contributed by atoms with Crippen molar-refractivity contribution in [1.82, 2.24) is 19.5 Å². The first-order valence-electron chi connectivity index (χ1n) is 8.98. The van der Waals surface area contributed by atoms with Crippen molar-refractivity contribution in [3.63, 3.8) is 0 Å². The van der Waals surface area contributed by atoms with E-state index in [1.807, 2.05) is 42.5 Å². The number of nitrogens with two attached hydrogens (primary N) is 1. The zero-order valence-corrected chi connectivity index (χ0v) is 14.8. The molecule has 0 bridgehead atoms. The highest BCUT2D eigenvalue weighted by atomic mass is 16.8. The molecule has 0 saturated carbocycles. The summed E-state index contributed by atoms with van der Waals surface area (Å²) < 4.78 is 19.8. The topological polar surface area (TPSA) is 118 Å². The SMILES string of the molecule is Nc1ncnc2c1ncn2[C@@H]1O[C@H](CO)C2O[C@H](C=Cc3ccccc3)O[C@@H]21. The van der Waals surface area contributed by atoms with Gasteiger partial charge in [0.1, 0.15) is 30.2 Å². The molecule has 2 saturated heterocycles. The Balaban J connectivity index is 1.42. The summed E-state index contributed by atoms with van der Waals surface area (Å²) in [6.45, 7) is -0.181. The van der Waals surface area contributed by atoms with Gasteiger partial charge >= 0.3 is 0 Å². The number of nitrogen functional groups attached to an aromatic ring is 1. The van der Waals surface area contributed by atoms with E-state index in [-0.39, 0.29) is 6.61 Å². The second-order valence-electron chi connectivity index (χ2n) is 6.67. The van der Waals surface area contributed by atoms with Gasteiger partial charge in [-0.25, -0.2) is 15.0 Å². The second kappa shape index (κ2) is 6.95. The highest BCUT2D eigenvalue weighted by Gasteiger charge is 2.53. The molecule has 9 heteroatoms. The average Bonchev–Trinajstić information content (AvgIpc) is 3.41. The lowest BCUT2D eigenvalue weighted by Gasteiger charge is -2.19. The highest BCUT2D eigenvalue weighted by molar-refractivity contribution is 5.81. The number of hydrogen-bond acceptors (Lipinski definition) is 8. The van der Waals surface area contributed by atoms with Gasteiger partial charge in [0.25, 0.3) is 0 Å². The van der Waals surface area contributed by atoms with E-state index in [4.69, 9.17) is 19.9 Å². The molecule has 0 radical (unpaired) electrons. The number of fused-ring (bicyclic) bond motifs is 2. The minimum atomic E-state index is -0.545. The molecule has 9 nitrogen and oxygen atoms in total. The molecular formula is C19H19N5O4. The molecule has 2 aromatic heterocycles. The number of aromatic nitrogens is 4. The molecule has 3 aromatic rings. The number of rotatable bonds is 4. The fourth-order valence-electron chi connectivity index (χ4n) is 3.63. The number of nitrogens with zero attached hydrogens (tertiary/aromatic N) is 4. The summed E-state index contributed by atoms with van der Waals surface area (Å²) in [5.41, 5.74) is 7.96. The van der Waals surface area contributed by atoms with Crippen molar-refractivity contribution in [2.75, 3.05) is 12.3 Å². The molecule has 2 aliphatic heterocycles. The minimum absolute atomic E-state index is 0.181. The number of hydrogen-bond donors (Lipinski definition) is 2. The third-order valence-corrected chi connectivity index (χ3v) is 4.95. The predicted octanol–water partition coefficient (Wildman–Crippen LogP) is 1.12. The van der Waals surface area contributed by atoms with Gasteiger partial charge < -0.3 is 25.1 Å². The number of aliphatic hydroxyl groups excluding tert-OH is 1. The molecule has 28 heavy (non-hydrogen) atoms. The van der Waals surface area contributed by atoms with Crippen molar-refractivity contribution in [1.29, 1.82) is 0 Å². The van der Waals surface area contributed by atoms with Crippen LogP contribution in [0.2, 0.25) is 0 Å². The van der Waals surface area contributed by atoms with E-state index >= 15 is 0 Å². The van der Waals surface area contributed by atoms with Crippen LogP contribution in [-0.2, 0) is 14.2 Å². The Morgan fingerprint density at radius 3 is 2.71 bits per heavy atom. The largest absolute Gasteiger partial charge is 0.394 e. The summed E-state index contributed by atoms with van der Waals surface area (Å²) in [7, 11) is 0. The van der Waals surface area contributed by atoms with Crippen molar-refractivity contribution >= 4 is 23.1 Å². The summed E-state index contributed by atoms with van der Waals surface area (Å²) in [4.78, 5) is 12.5. The number of ether oxygens (including phenoxy) is 3. The molecule has 1 unspecified atom stereocenters. The first-order valence-corrected chi connectivity index (χ1v) is 8.98. The van der Waals surface area contributed by atoms with Gasteiger partial charge in [-0.1, -0.05) is 36.4 Å². The standard InChI is InChI=1S/C19H19N5O4/c20-17-14-18(22-9-21-17)24(10-23-14)19-16-15(12(8-25)26-19)27-13(28-16)7-6-11-4-2-1-3-5-11/h1-7,9-10,12-13,15-16,19,25H,8H2,(H2,20,21,22)/t12-,13+,15?,16+,19-/m1/s1. The Bertz CT molecular complexity index is 1010. The normalized spacial score (nSPS) is 29.7. The van der Waals surface area contributed by atoms with E-state index in [1.54, 1.807) is 10.9 Å². The monoisotopic (exact) mass is 381 g/mol. The Morgan fingerprint density at radius 1 is 1.07 bits per heavy atom. The lowest BCUT2D eigenvalue weighted by Crippen LogP contribution is -2.30. The van der Waals surface area contributed by atoms with Crippen LogP contribution in [0.1, 0.15) is 11.8 Å². The van der Waals surface area contributed by atoms with Gasteiger partial charge in [-0.15, -0.1) is 0 Å². The van der Waals surface area contributed by atoms with Crippen LogP contribution in [-0.4, -0.2) is 55.8 Å². The van der Waals surface area contributed by atoms with E-state index < -0.39 is 30.8 Å². The molecule has 5 atom stereocenters. The molecular weight excluding hydrogens is 362 g/mol. The maximum Gasteiger partial charge on any atom is 0.178 e. The average molecular weight is 381 g/mol. The minimum Gasteiger partial charge on any atom is -0.394 e. The zero-order valence-electron chi connectivity index (χ0n) is 14.8. The van der Waals surface area contributed by atoms with Gasteiger partial charge in [0, 0.05) is 0 Å². The molecule has 0 aliphatic carbocycles. The lowest BCUT2D eigenvalue weighted by molar-refractivity contribution is -0.133. The fraction of sp³-hybridized carbons (Fsp3) is 0.316. The van der Waals surface area contributed by atoms with Gasteiger partial charge in [-0.05, 0) is 11.6 Å². The molecule has 3 N–H and O–H groups in total. The van der Waals surface area contributed by atoms with Crippen molar-refractivity contribution in [2.45, 2.75) is 30.8 Å². The van der Waals surface area contributed by atoms with E-state index in [0.29, 0.717) is 17.0 Å². The van der Waals surface area contributed by atoms with Gasteiger partial charge in [-0.2, -0.15) is 0 Å². The summed E-state index contributed by atoms with van der Waals surface area (Å²) in [5.74, 6) is 0.296. The zero-order chi connectivity index (χ0) is 19.1. The fourth-order valence-corrected chi connectivity index (χ4v) is 3.63. The van der Waals surface area contributed by atoms with Crippen LogP contribution in [0.5, 0.6) is 0 Å². The maximum absolute atomic E-state index is 9.73. The van der Waals surface area contributed by atoms with E-state index in [2.05, 4.69) is 15.0 Å². The second-order valence-corrected chi connectivity index (χ2v) is 6.67. The summed E-state index contributed by atoms with van der Waals surface area (Å²) in [5, 5.41) is 9.73. The lowest BCUT2D eigenvalue weighted by atomic mass is 10.1. The van der Waals surface area contributed by atoms with E-state index in [9.17, 15) is 5.11 Å². The summed E-state index contributed by atoms with van der Waals surface area (Å²) in [6, 6.07) is 9.89. The first kappa shape index (κ1) is 17.3. The van der Waals surface area contributed by atoms with E-state index in [1.165, 1.54) is 6.33 Å². The highest BCUT2D eigenvalue weighted by Crippen LogP contribution is 2.40. The van der Waals surface area contributed by atoms with Gasteiger partial charge in [0.15, 0.2) is 24.0 Å². The molecule has 144 valence electrons. The molecule has 0 amide bonds. The van der Waals surface area contributed by atoms with Gasteiger partial charge in [0.2, 0.25) is 0 Å². The Hall–Kier alpha value is -2.85. The Kier molecular flexibility index (Phi) is 4.29. The van der Waals surface area contributed by atoms with Crippen molar-refractivity contribution < 1.29 is 19.3 Å². The molecule has 2 fully saturated rings. The number of aliphatic hydroxyl groups is 1. The molecule has 4 heterocycles.